The molecule has 0 aliphatic carbocycles. The van der Waals surface area contributed by atoms with Crippen molar-refractivity contribution in [2.45, 2.75) is 12.4 Å². The highest BCUT2D eigenvalue weighted by Crippen LogP contribution is 1.82. The van der Waals surface area contributed by atoms with E-state index in [9.17, 15) is 4.79 Å². The second kappa shape index (κ2) is 3.40. The molecule has 4 heteroatoms. The zero-order valence-electron chi connectivity index (χ0n) is 9.01. The van der Waals surface area contributed by atoms with E-state index in [1.807, 2.05) is 0 Å². The summed E-state index contributed by atoms with van der Waals surface area (Å²) < 4.78 is 34.5. The van der Waals surface area contributed by atoms with Gasteiger partial charge in [-0.05, 0) is 12.9 Å². The van der Waals surface area contributed by atoms with Crippen molar-refractivity contribution < 1.29 is 16.8 Å². The predicted molar refractivity (Wildman–Crippen MR) is 29.3 cm³/mol. The molecule has 0 aromatic rings. The highest BCUT2D eigenvalue weighted by molar-refractivity contribution is 5.72. The zero-order valence-corrected chi connectivity index (χ0v) is 4.01. The molecular weight excluding hydrogens is 108 g/mol. The molecule has 4 nitrogen and oxygen atoms in total. The van der Waals surface area contributed by atoms with Crippen LogP contribution in [-0.2, 0) is 4.79 Å². The van der Waals surface area contributed by atoms with Crippen LogP contribution in [0.3, 0.4) is 0 Å². The molecule has 1 atom stereocenters. The lowest BCUT2D eigenvalue weighted by atomic mass is 10.2. The standard InChI is InChI=1S/C4H10N2O2/c5-2-1-3(6)4(7)8/h3H,1-2,5-6H2,(H,7,8)/t3-/m1/s1/i1D2,2D2,3D. The fraction of sp³-hybridized carbons (Fsp3) is 0.750. The minimum Gasteiger partial charge on any atom is -0.480 e. The van der Waals surface area contributed by atoms with E-state index in [1.165, 1.54) is 0 Å². The number of carbonyl (C=O) groups is 1. The van der Waals surface area contributed by atoms with E-state index in [0.29, 0.717) is 0 Å². The van der Waals surface area contributed by atoms with Gasteiger partial charge in [0.05, 0.1) is 1.37 Å². The molecule has 0 rings (SSSR count). The van der Waals surface area contributed by atoms with Crippen LogP contribution in [0.1, 0.15) is 13.2 Å². The first-order valence-electron chi connectivity index (χ1n) is 4.26. The molecule has 0 saturated carbocycles. The van der Waals surface area contributed by atoms with Crippen molar-refractivity contribution >= 4 is 5.97 Å². The molecule has 0 unspecified atom stereocenters. The summed E-state index contributed by atoms with van der Waals surface area (Å²) in [5, 5.41) is 8.37. The fourth-order valence-electron chi connectivity index (χ4n) is 0.131. The van der Waals surface area contributed by atoms with Gasteiger partial charge >= 0.3 is 5.97 Å². The average Bonchev–Trinajstić information content (AvgIpc) is 1.84. The first kappa shape index (κ1) is 2.33. The smallest absolute Gasteiger partial charge is 0.320 e. The van der Waals surface area contributed by atoms with Gasteiger partial charge in [-0.15, -0.1) is 0 Å². The Kier molecular flexibility index (Phi) is 0.988. The minimum atomic E-state index is -3.19. The van der Waals surface area contributed by atoms with Crippen LogP contribution >= 0.6 is 0 Å². The van der Waals surface area contributed by atoms with Crippen molar-refractivity contribution in [3.63, 3.8) is 0 Å². The van der Waals surface area contributed by atoms with Gasteiger partial charge in [-0.25, -0.2) is 0 Å². The zero-order chi connectivity index (χ0) is 11.1. The summed E-state index contributed by atoms with van der Waals surface area (Å²) in [5.41, 5.74) is 9.53. The summed E-state index contributed by atoms with van der Waals surface area (Å²) in [4.78, 5) is 10.3. The predicted octanol–water partition coefficient (Wildman–Crippen LogP) is -1.25. The highest BCUT2D eigenvalue weighted by Gasteiger charge is 2.07. The van der Waals surface area contributed by atoms with Crippen LogP contribution in [0.2, 0.25) is 0 Å². The maximum Gasteiger partial charge on any atom is 0.320 e. The van der Waals surface area contributed by atoms with Gasteiger partial charge in [0.2, 0.25) is 0 Å². The van der Waals surface area contributed by atoms with Gasteiger partial charge in [-0.2, -0.15) is 0 Å². The third-order valence-electron chi connectivity index (χ3n) is 0.437. The number of aliphatic carboxylic acids is 1. The van der Waals surface area contributed by atoms with Crippen molar-refractivity contribution in [1.82, 2.24) is 0 Å². The Bertz CT molecular complexity index is 223. The number of nitrogens with two attached hydrogens (primary N) is 2. The average molecular weight is 123 g/mol. The maximum absolute atomic E-state index is 10.3. The van der Waals surface area contributed by atoms with Gasteiger partial charge < -0.3 is 16.6 Å². The Balaban J connectivity index is 5.16. The molecule has 0 aliphatic heterocycles. The van der Waals surface area contributed by atoms with E-state index in [4.69, 9.17) is 23.4 Å². The Hall–Kier alpha value is -0.610. The van der Waals surface area contributed by atoms with Crippen LogP contribution in [0, 0.1) is 0 Å². The lowest BCUT2D eigenvalue weighted by molar-refractivity contribution is -0.138. The molecule has 48 valence electrons. The van der Waals surface area contributed by atoms with Crippen molar-refractivity contribution in [2.24, 2.45) is 11.5 Å². The van der Waals surface area contributed by atoms with Gasteiger partial charge in [-0.1, -0.05) is 0 Å². The van der Waals surface area contributed by atoms with E-state index in [0.717, 1.165) is 0 Å². The Labute approximate surface area is 54.5 Å². The third kappa shape index (κ3) is 2.54. The van der Waals surface area contributed by atoms with Gasteiger partial charge in [0.1, 0.15) is 6.02 Å². The van der Waals surface area contributed by atoms with Crippen molar-refractivity contribution in [3.05, 3.63) is 0 Å². The summed E-state index contributed by atoms with van der Waals surface area (Å²) >= 11 is 0. The summed E-state index contributed by atoms with van der Waals surface area (Å²) in [5.74, 6) is -1.98. The first-order chi connectivity index (χ1) is 5.44. The molecule has 0 fully saturated rings. The van der Waals surface area contributed by atoms with Crippen LogP contribution in [0.25, 0.3) is 0 Å². The van der Waals surface area contributed by atoms with Crippen LogP contribution in [0.5, 0.6) is 0 Å². The lowest BCUT2D eigenvalue weighted by Crippen LogP contribution is -2.32. The van der Waals surface area contributed by atoms with Gasteiger partial charge in [0, 0.05) is 5.48 Å². The molecule has 5 N–H and O–H groups in total. The largest absolute Gasteiger partial charge is 0.480 e. The molecule has 0 aromatic heterocycles. The fourth-order valence-corrected chi connectivity index (χ4v) is 0.131. The summed E-state index contributed by atoms with van der Waals surface area (Å²) in [7, 11) is 0. The quantitative estimate of drug-likeness (QED) is 0.437. The highest BCUT2D eigenvalue weighted by atomic mass is 16.4. The number of carboxylic acids is 1. The summed E-state index contributed by atoms with van der Waals surface area (Å²) in [6.45, 7) is -3.00. The molecule has 0 heterocycles. The molecule has 8 heavy (non-hydrogen) atoms. The van der Waals surface area contributed by atoms with E-state index in [2.05, 4.69) is 0 Å². The number of hydrogen-bond donors (Lipinski definition) is 3. The number of carboxylic acid groups (broad SMARTS) is 1. The Morgan fingerprint density at radius 1 is 2.12 bits per heavy atom. The van der Waals surface area contributed by atoms with Gasteiger partial charge in [-0.3, -0.25) is 4.79 Å². The third-order valence-corrected chi connectivity index (χ3v) is 0.437. The molecule has 0 amide bonds. The van der Waals surface area contributed by atoms with E-state index >= 15 is 0 Å². The monoisotopic (exact) mass is 123 g/mol. The molecule has 0 aliphatic rings. The number of rotatable bonds is 3. The van der Waals surface area contributed by atoms with Crippen molar-refractivity contribution in [1.29, 1.82) is 0 Å². The topological polar surface area (TPSA) is 89.3 Å². The Morgan fingerprint density at radius 2 is 2.62 bits per heavy atom. The SMILES string of the molecule is [2H]C([2H])(N)C([2H])([2H])[C@@]([2H])(N)C(=O)O. The second-order valence-electron chi connectivity index (χ2n) is 0.988. The molecule has 0 spiro atoms. The second-order valence-corrected chi connectivity index (χ2v) is 0.988. The maximum atomic E-state index is 10.3. The van der Waals surface area contributed by atoms with E-state index in [-0.39, 0.29) is 0 Å². The molecule has 0 radical (unpaired) electrons. The molecule has 0 bridgehead atoms. The molecular formula is C4H10N2O2. The summed E-state index contributed by atoms with van der Waals surface area (Å²) in [6, 6.07) is -3.12. The molecule has 0 saturated heterocycles. The summed E-state index contributed by atoms with van der Waals surface area (Å²) in [6.07, 6.45) is -3.19. The van der Waals surface area contributed by atoms with Crippen LogP contribution in [0.4, 0.5) is 0 Å². The van der Waals surface area contributed by atoms with E-state index in [1.54, 1.807) is 0 Å². The lowest BCUT2D eigenvalue weighted by Gasteiger charge is -2.00. The van der Waals surface area contributed by atoms with Crippen LogP contribution in [-0.4, -0.2) is 23.6 Å². The van der Waals surface area contributed by atoms with Crippen LogP contribution < -0.4 is 11.5 Å². The van der Waals surface area contributed by atoms with Crippen LogP contribution in [0.15, 0.2) is 0 Å². The van der Waals surface area contributed by atoms with Crippen molar-refractivity contribution in [3.8, 4) is 0 Å². The first-order valence-corrected chi connectivity index (χ1v) is 1.76. The van der Waals surface area contributed by atoms with Crippen molar-refractivity contribution in [2.75, 3.05) is 6.50 Å². The minimum absolute atomic E-state index is 1.98. The van der Waals surface area contributed by atoms with Gasteiger partial charge in [0.15, 0.2) is 0 Å². The van der Waals surface area contributed by atoms with E-state index < -0.39 is 24.9 Å². The Morgan fingerprint density at radius 3 is 2.75 bits per heavy atom. The van der Waals surface area contributed by atoms with Gasteiger partial charge in [0.25, 0.3) is 0 Å². The normalized spacial score (nSPS) is 30.0. The molecule has 0 aromatic carbocycles. The number of hydrogen-bond acceptors (Lipinski definition) is 3.